The first kappa shape index (κ1) is 22.7. The number of fused-ring (bicyclic) bond motifs is 5. The molecule has 2 atom stereocenters. The highest BCUT2D eigenvalue weighted by Crippen LogP contribution is 2.41. The van der Waals surface area contributed by atoms with E-state index in [4.69, 9.17) is 20.2 Å². The number of benzene rings is 1. The molecule has 0 radical (unpaired) electrons. The van der Waals surface area contributed by atoms with Crippen LogP contribution in [0.3, 0.4) is 0 Å². The Morgan fingerprint density at radius 3 is 2.80 bits per heavy atom. The van der Waals surface area contributed by atoms with Gasteiger partial charge in [0.25, 0.3) is 5.56 Å². The molecule has 35 heavy (non-hydrogen) atoms. The number of aromatic nitrogens is 2. The van der Waals surface area contributed by atoms with Crippen molar-refractivity contribution < 1.29 is 23.9 Å². The molecule has 180 valence electrons. The van der Waals surface area contributed by atoms with Crippen molar-refractivity contribution >= 4 is 28.7 Å². The SMILES string of the molecule is CCC1(OC(=O)C(C)NC(=O)CN)C(=O)OCc2c1cc1n(c2=O)Cc2cc3ccccc3nc2-1. The van der Waals surface area contributed by atoms with Crippen molar-refractivity contribution in [3.63, 3.8) is 0 Å². The van der Waals surface area contributed by atoms with Gasteiger partial charge in [-0.05, 0) is 31.5 Å². The molecule has 0 spiro atoms. The number of carbonyl (C=O) groups excluding carboxylic acids is 3. The van der Waals surface area contributed by atoms with Crippen LogP contribution in [0.4, 0.5) is 0 Å². The van der Waals surface area contributed by atoms with Crippen molar-refractivity contribution in [2.24, 2.45) is 5.73 Å². The molecule has 0 fully saturated rings. The van der Waals surface area contributed by atoms with Gasteiger partial charge in [0.2, 0.25) is 11.5 Å². The number of nitrogens with two attached hydrogens (primary N) is 1. The van der Waals surface area contributed by atoms with E-state index in [9.17, 15) is 19.2 Å². The Morgan fingerprint density at radius 1 is 1.29 bits per heavy atom. The highest BCUT2D eigenvalue weighted by atomic mass is 16.6. The minimum Gasteiger partial charge on any atom is -0.457 e. The maximum Gasteiger partial charge on any atom is 0.355 e. The molecule has 2 unspecified atom stereocenters. The smallest absolute Gasteiger partial charge is 0.355 e. The Labute approximate surface area is 200 Å². The van der Waals surface area contributed by atoms with Gasteiger partial charge in [-0.1, -0.05) is 25.1 Å². The van der Waals surface area contributed by atoms with E-state index in [1.807, 2.05) is 30.3 Å². The van der Waals surface area contributed by atoms with E-state index < -0.39 is 29.5 Å². The van der Waals surface area contributed by atoms with Crippen molar-refractivity contribution in [1.82, 2.24) is 14.9 Å². The number of amides is 1. The minimum absolute atomic E-state index is 0.0308. The summed E-state index contributed by atoms with van der Waals surface area (Å²) >= 11 is 0. The van der Waals surface area contributed by atoms with Crippen LogP contribution in [-0.2, 0) is 42.6 Å². The standard InChI is InChI=1S/C25H24N4O6/c1-3-25(35-23(32)13(2)27-20(30)10-26)17-9-19-21-15(8-14-6-4-5-7-18(14)28-21)11-29(19)22(31)16(17)12-34-24(25)33/h4-9,13H,3,10-12,26H2,1-2H3,(H,27,30). The maximum absolute atomic E-state index is 13.5. The first-order valence-electron chi connectivity index (χ1n) is 11.3. The normalized spacial score (nSPS) is 18.8. The molecule has 10 nitrogen and oxygen atoms in total. The fourth-order valence-electron chi connectivity index (χ4n) is 4.70. The topological polar surface area (TPSA) is 143 Å². The second kappa shape index (κ2) is 8.31. The molecule has 5 rings (SSSR count). The van der Waals surface area contributed by atoms with Crippen LogP contribution >= 0.6 is 0 Å². The van der Waals surface area contributed by atoms with E-state index in [0.717, 1.165) is 16.5 Å². The number of ether oxygens (including phenoxy) is 2. The molecule has 2 aliphatic heterocycles. The van der Waals surface area contributed by atoms with Crippen LogP contribution in [0.25, 0.3) is 22.3 Å². The van der Waals surface area contributed by atoms with Gasteiger partial charge in [-0.15, -0.1) is 0 Å². The lowest BCUT2D eigenvalue weighted by atomic mass is 9.85. The molecule has 10 heteroatoms. The van der Waals surface area contributed by atoms with E-state index in [2.05, 4.69) is 5.32 Å². The highest BCUT2D eigenvalue weighted by molar-refractivity contribution is 5.90. The molecule has 1 aromatic carbocycles. The monoisotopic (exact) mass is 476 g/mol. The average molecular weight is 476 g/mol. The van der Waals surface area contributed by atoms with Crippen molar-refractivity contribution in [2.45, 2.75) is 45.1 Å². The minimum atomic E-state index is -1.83. The zero-order chi connectivity index (χ0) is 24.9. The number of rotatable bonds is 5. The predicted molar refractivity (Wildman–Crippen MR) is 125 cm³/mol. The van der Waals surface area contributed by atoms with Crippen LogP contribution in [0.1, 0.15) is 37.0 Å². The fraction of sp³-hybridized carbons (Fsp3) is 0.320. The second-order valence-electron chi connectivity index (χ2n) is 8.67. The molecule has 0 aliphatic carbocycles. The fourth-order valence-corrected chi connectivity index (χ4v) is 4.70. The third kappa shape index (κ3) is 3.48. The lowest BCUT2D eigenvalue weighted by Gasteiger charge is -2.36. The first-order valence-corrected chi connectivity index (χ1v) is 11.3. The molecule has 3 aromatic rings. The summed E-state index contributed by atoms with van der Waals surface area (Å²) in [7, 11) is 0. The highest BCUT2D eigenvalue weighted by Gasteiger charge is 2.51. The van der Waals surface area contributed by atoms with E-state index in [1.165, 1.54) is 6.92 Å². The van der Waals surface area contributed by atoms with Crippen LogP contribution < -0.4 is 16.6 Å². The molecule has 1 amide bonds. The summed E-state index contributed by atoms with van der Waals surface area (Å²) in [6.07, 6.45) is 0.0308. The zero-order valence-electron chi connectivity index (χ0n) is 19.3. The van der Waals surface area contributed by atoms with Crippen molar-refractivity contribution in [3.05, 3.63) is 63.4 Å². The molecular formula is C25H24N4O6. The number of carbonyl (C=O) groups is 3. The largest absolute Gasteiger partial charge is 0.457 e. The number of hydrogen-bond donors (Lipinski definition) is 2. The lowest BCUT2D eigenvalue weighted by molar-refractivity contribution is -0.190. The van der Waals surface area contributed by atoms with Gasteiger partial charge in [0.15, 0.2) is 0 Å². The Hall–Kier alpha value is -4.05. The van der Waals surface area contributed by atoms with Gasteiger partial charge in [-0.2, -0.15) is 0 Å². The van der Waals surface area contributed by atoms with E-state index in [0.29, 0.717) is 17.9 Å². The summed E-state index contributed by atoms with van der Waals surface area (Å²) in [6, 6.07) is 10.3. The summed E-state index contributed by atoms with van der Waals surface area (Å²) in [5.41, 5.74) is 6.52. The summed E-state index contributed by atoms with van der Waals surface area (Å²) in [4.78, 5) is 55.8. The number of hydrogen-bond acceptors (Lipinski definition) is 8. The van der Waals surface area contributed by atoms with Crippen molar-refractivity contribution in [2.75, 3.05) is 6.54 Å². The molecule has 2 aliphatic rings. The summed E-state index contributed by atoms with van der Waals surface area (Å²) in [5, 5.41) is 3.37. The second-order valence-corrected chi connectivity index (χ2v) is 8.67. The molecule has 4 heterocycles. The van der Waals surface area contributed by atoms with E-state index in [-0.39, 0.29) is 36.3 Å². The quantitative estimate of drug-likeness (QED) is 0.408. The third-order valence-corrected chi connectivity index (χ3v) is 6.58. The van der Waals surface area contributed by atoms with Gasteiger partial charge < -0.3 is 25.1 Å². The van der Waals surface area contributed by atoms with Crippen LogP contribution in [0, 0.1) is 0 Å². The predicted octanol–water partition coefficient (Wildman–Crippen LogP) is 1.09. The Bertz CT molecular complexity index is 1460. The molecule has 2 aromatic heterocycles. The van der Waals surface area contributed by atoms with E-state index in [1.54, 1.807) is 17.6 Å². The molecule has 0 saturated carbocycles. The number of pyridine rings is 2. The van der Waals surface area contributed by atoms with Crippen LogP contribution in [0.2, 0.25) is 0 Å². The summed E-state index contributed by atoms with van der Waals surface area (Å²) < 4.78 is 12.6. The lowest BCUT2D eigenvalue weighted by Crippen LogP contribution is -2.51. The molecule has 0 bridgehead atoms. The number of nitrogens with zero attached hydrogens (tertiary/aromatic N) is 2. The summed E-state index contributed by atoms with van der Waals surface area (Å²) in [6.45, 7) is 2.90. The zero-order valence-corrected chi connectivity index (χ0v) is 19.3. The first-order chi connectivity index (χ1) is 16.8. The van der Waals surface area contributed by atoms with E-state index >= 15 is 0 Å². The van der Waals surface area contributed by atoms with Crippen molar-refractivity contribution in [3.8, 4) is 11.4 Å². The van der Waals surface area contributed by atoms with Gasteiger partial charge >= 0.3 is 11.9 Å². The Balaban J connectivity index is 1.63. The van der Waals surface area contributed by atoms with Gasteiger partial charge in [-0.25, -0.2) is 14.6 Å². The van der Waals surface area contributed by atoms with Crippen LogP contribution in [0.15, 0.2) is 41.2 Å². The van der Waals surface area contributed by atoms with Gasteiger partial charge in [0.1, 0.15) is 12.6 Å². The Kier molecular flexibility index (Phi) is 5.40. The summed E-state index contributed by atoms with van der Waals surface area (Å²) in [5.74, 6) is -2.16. The average Bonchev–Trinajstić information content (AvgIpc) is 3.22. The van der Waals surface area contributed by atoms with Gasteiger partial charge in [0, 0.05) is 16.5 Å². The van der Waals surface area contributed by atoms with Gasteiger partial charge in [0.05, 0.1) is 35.6 Å². The number of nitrogens with one attached hydrogen (secondary N) is 1. The number of para-hydroxylation sites is 1. The van der Waals surface area contributed by atoms with Gasteiger partial charge in [-0.3, -0.25) is 9.59 Å². The van der Waals surface area contributed by atoms with Crippen LogP contribution in [0.5, 0.6) is 0 Å². The van der Waals surface area contributed by atoms with Crippen molar-refractivity contribution in [1.29, 1.82) is 0 Å². The number of esters is 2. The third-order valence-electron chi connectivity index (χ3n) is 6.58. The Morgan fingerprint density at radius 2 is 2.06 bits per heavy atom. The molecule has 3 N–H and O–H groups in total. The maximum atomic E-state index is 13.5. The molecular weight excluding hydrogens is 452 g/mol. The molecule has 0 saturated heterocycles. The van der Waals surface area contributed by atoms with Crippen LogP contribution in [-0.4, -0.2) is 40.0 Å². The number of cyclic esters (lactones) is 1.